The van der Waals surface area contributed by atoms with Crippen LogP contribution in [0.5, 0.6) is 5.75 Å². The SMILES string of the molecule is Cn1c(N2CCCCS2(O)O)nc(C(=O)NCc2cc(F)ccc2F)c(O)c1=O. The molecule has 0 saturated carbocycles. The number of amides is 1. The second-order valence-electron chi connectivity index (χ2n) is 6.54. The van der Waals surface area contributed by atoms with Gasteiger partial charge in [-0.3, -0.25) is 23.3 Å². The number of nitrogens with zero attached hydrogens (tertiary/aromatic N) is 3. The Balaban J connectivity index is 1.92. The van der Waals surface area contributed by atoms with E-state index in [1.54, 1.807) is 0 Å². The molecule has 9 nitrogen and oxygen atoms in total. The summed E-state index contributed by atoms with van der Waals surface area (Å²) in [6.07, 6.45) is 1.20. The van der Waals surface area contributed by atoms with Crippen molar-refractivity contribution >= 4 is 22.6 Å². The lowest BCUT2D eigenvalue weighted by Crippen LogP contribution is -2.39. The minimum Gasteiger partial charge on any atom is -0.501 e. The van der Waals surface area contributed by atoms with Crippen molar-refractivity contribution in [3.63, 3.8) is 0 Å². The lowest BCUT2D eigenvalue weighted by molar-refractivity contribution is 0.0942. The normalized spacial score (nSPS) is 17.1. The molecule has 2 heterocycles. The molecule has 1 aliphatic rings. The monoisotopic (exact) mass is 430 g/mol. The van der Waals surface area contributed by atoms with Gasteiger partial charge in [0.2, 0.25) is 11.7 Å². The number of hydrogen-bond acceptors (Lipinski definition) is 7. The van der Waals surface area contributed by atoms with E-state index in [1.165, 1.54) is 7.05 Å². The molecule has 1 fully saturated rings. The number of aromatic hydroxyl groups is 1. The predicted molar refractivity (Wildman–Crippen MR) is 103 cm³/mol. The lowest BCUT2D eigenvalue weighted by atomic mass is 10.2. The van der Waals surface area contributed by atoms with Gasteiger partial charge in [-0.2, -0.15) is 0 Å². The summed E-state index contributed by atoms with van der Waals surface area (Å²) in [6, 6.07) is 2.74. The zero-order valence-electron chi connectivity index (χ0n) is 15.4. The molecule has 12 heteroatoms. The van der Waals surface area contributed by atoms with Gasteiger partial charge < -0.3 is 10.4 Å². The summed E-state index contributed by atoms with van der Waals surface area (Å²) in [4.78, 5) is 28.8. The molecule has 29 heavy (non-hydrogen) atoms. The summed E-state index contributed by atoms with van der Waals surface area (Å²) < 4.78 is 49.6. The van der Waals surface area contributed by atoms with E-state index >= 15 is 0 Å². The fourth-order valence-electron chi connectivity index (χ4n) is 2.94. The molecule has 3 rings (SSSR count). The average molecular weight is 430 g/mol. The first-order valence-corrected chi connectivity index (χ1v) is 10.3. The van der Waals surface area contributed by atoms with Crippen LogP contribution in [0.15, 0.2) is 23.0 Å². The summed E-state index contributed by atoms with van der Waals surface area (Å²) in [5.74, 6) is -3.47. The van der Waals surface area contributed by atoms with Gasteiger partial charge in [-0.25, -0.2) is 18.1 Å². The van der Waals surface area contributed by atoms with Crippen molar-refractivity contribution < 1.29 is 27.8 Å². The van der Waals surface area contributed by atoms with E-state index in [-0.39, 0.29) is 23.8 Å². The van der Waals surface area contributed by atoms with Gasteiger partial charge in [-0.05, 0) is 31.0 Å². The van der Waals surface area contributed by atoms with Crippen molar-refractivity contribution in [2.75, 3.05) is 16.6 Å². The topological polar surface area (TPSA) is 128 Å². The first kappa shape index (κ1) is 21.0. The number of benzene rings is 1. The highest BCUT2D eigenvalue weighted by Gasteiger charge is 2.32. The molecular weight excluding hydrogens is 410 g/mol. The van der Waals surface area contributed by atoms with Crippen LogP contribution >= 0.6 is 10.8 Å². The molecule has 0 aliphatic carbocycles. The molecule has 0 bridgehead atoms. The zero-order chi connectivity index (χ0) is 21.3. The van der Waals surface area contributed by atoms with E-state index < -0.39 is 51.9 Å². The molecule has 0 unspecified atom stereocenters. The maximum absolute atomic E-state index is 13.7. The summed E-state index contributed by atoms with van der Waals surface area (Å²) >= 11 is 0. The van der Waals surface area contributed by atoms with Crippen molar-refractivity contribution in [1.29, 1.82) is 0 Å². The molecule has 1 saturated heterocycles. The number of rotatable bonds is 4. The summed E-state index contributed by atoms with van der Waals surface area (Å²) in [7, 11) is -1.95. The van der Waals surface area contributed by atoms with Crippen molar-refractivity contribution in [2.45, 2.75) is 19.4 Å². The fraction of sp³-hybridized carbons (Fsp3) is 0.353. The minimum absolute atomic E-state index is 0.0874. The van der Waals surface area contributed by atoms with E-state index in [0.29, 0.717) is 12.8 Å². The van der Waals surface area contributed by atoms with Crippen LogP contribution in [-0.4, -0.2) is 42.0 Å². The Morgan fingerprint density at radius 2 is 2.03 bits per heavy atom. The third-order valence-corrected chi connectivity index (χ3v) is 6.40. The Hall–Kier alpha value is -2.70. The van der Waals surface area contributed by atoms with Gasteiger partial charge in [0.1, 0.15) is 11.6 Å². The molecule has 2 aromatic rings. The second-order valence-corrected chi connectivity index (χ2v) is 8.65. The molecule has 4 N–H and O–H groups in total. The predicted octanol–water partition coefficient (Wildman–Crippen LogP) is 1.96. The molecule has 1 aromatic carbocycles. The number of halogens is 2. The van der Waals surface area contributed by atoms with Crippen molar-refractivity contribution in [3.05, 3.63) is 51.4 Å². The quantitative estimate of drug-likeness (QED) is 0.584. The van der Waals surface area contributed by atoms with E-state index in [0.717, 1.165) is 27.1 Å². The van der Waals surface area contributed by atoms with Gasteiger partial charge in [-0.15, -0.1) is 10.8 Å². The Kier molecular flexibility index (Phi) is 5.78. The first-order chi connectivity index (χ1) is 13.6. The fourth-order valence-corrected chi connectivity index (χ4v) is 4.59. The molecular formula is C17H20F2N4O5S. The van der Waals surface area contributed by atoms with Crippen LogP contribution in [0.3, 0.4) is 0 Å². The maximum atomic E-state index is 13.7. The highest BCUT2D eigenvalue weighted by Crippen LogP contribution is 2.48. The van der Waals surface area contributed by atoms with Crippen LogP contribution in [-0.2, 0) is 13.6 Å². The van der Waals surface area contributed by atoms with Crippen molar-refractivity contribution in [3.8, 4) is 5.75 Å². The third kappa shape index (κ3) is 4.18. The molecule has 0 spiro atoms. The van der Waals surface area contributed by atoms with Crippen LogP contribution < -0.4 is 15.2 Å². The van der Waals surface area contributed by atoms with Gasteiger partial charge in [0.05, 0.1) is 5.75 Å². The number of anilines is 1. The molecule has 1 amide bonds. The summed E-state index contributed by atoms with van der Waals surface area (Å²) in [5.41, 5.74) is -1.74. The van der Waals surface area contributed by atoms with E-state index in [2.05, 4.69) is 10.3 Å². The number of nitrogens with one attached hydrogen (secondary N) is 1. The molecule has 158 valence electrons. The van der Waals surface area contributed by atoms with E-state index in [1.807, 2.05) is 0 Å². The van der Waals surface area contributed by atoms with Crippen LogP contribution in [0.4, 0.5) is 14.7 Å². The van der Waals surface area contributed by atoms with Gasteiger partial charge in [0.15, 0.2) is 5.69 Å². The van der Waals surface area contributed by atoms with E-state index in [9.17, 15) is 32.6 Å². The number of carbonyl (C=O) groups excluding carboxylic acids is 1. The number of carbonyl (C=O) groups is 1. The molecule has 0 radical (unpaired) electrons. The minimum atomic E-state index is -3.23. The maximum Gasteiger partial charge on any atom is 0.297 e. The Labute approximate surface area is 166 Å². The van der Waals surface area contributed by atoms with Gasteiger partial charge >= 0.3 is 0 Å². The number of aromatic nitrogens is 2. The first-order valence-electron chi connectivity index (χ1n) is 8.67. The largest absolute Gasteiger partial charge is 0.501 e. The van der Waals surface area contributed by atoms with Gasteiger partial charge in [0.25, 0.3) is 11.5 Å². The Bertz CT molecular complexity index is 1010. The summed E-state index contributed by atoms with van der Waals surface area (Å²) in [5, 5.41) is 12.3. The van der Waals surface area contributed by atoms with E-state index in [4.69, 9.17) is 0 Å². The van der Waals surface area contributed by atoms with Crippen LogP contribution in [0.1, 0.15) is 28.9 Å². The standard InChI is InChI=1S/C17H20F2N4O5S/c1-22-16(26)14(24)13(21-17(22)23-6-2-3-7-29(23,27)28)15(25)20-9-10-8-11(18)4-5-12(10)19/h4-5,8,24,27-28H,2-3,6-7,9H2,1H3,(H,20,25). The Morgan fingerprint density at radius 3 is 2.72 bits per heavy atom. The second kappa shape index (κ2) is 7.97. The van der Waals surface area contributed by atoms with Crippen LogP contribution in [0, 0.1) is 11.6 Å². The third-order valence-electron chi connectivity index (χ3n) is 4.51. The molecule has 0 atom stereocenters. The highest BCUT2D eigenvalue weighted by molar-refractivity contribution is 8.25. The smallest absolute Gasteiger partial charge is 0.297 e. The van der Waals surface area contributed by atoms with Crippen molar-refractivity contribution in [2.24, 2.45) is 7.05 Å². The average Bonchev–Trinajstić information content (AvgIpc) is 2.67. The van der Waals surface area contributed by atoms with Gasteiger partial charge in [-0.1, -0.05) is 0 Å². The molecule has 1 aliphatic heterocycles. The zero-order valence-corrected chi connectivity index (χ0v) is 16.2. The highest BCUT2D eigenvalue weighted by atomic mass is 32.3. The van der Waals surface area contributed by atoms with Crippen LogP contribution in [0.2, 0.25) is 0 Å². The van der Waals surface area contributed by atoms with Crippen molar-refractivity contribution in [1.82, 2.24) is 14.9 Å². The van der Waals surface area contributed by atoms with Crippen LogP contribution in [0.25, 0.3) is 0 Å². The summed E-state index contributed by atoms with van der Waals surface area (Å²) in [6.45, 7) is -0.212. The molecule has 1 aromatic heterocycles. The van der Waals surface area contributed by atoms with Gasteiger partial charge in [0, 0.05) is 25.7 Å². The Morgan fingerprint density at radius 1 is 1.31 bits per heavy atom. The lowest BCUT2D eigenvalue weighted by Gasteiger charge is -2.46. The number of hydrogen-bond donors (Lipinski definition) is 4.